The number of hydrogen-bond acceptors (Lipinski definition) is 2. The van der Waals surface area contributed by atoms with Crippen LogP contribution in [0, 0.1) is 5.92 Å². The van der Waals surface area contributed by atoms with Crippen molar-refractivity contribution in [2.24, 2.45) is 5.92 Å². The van der Waals surface area contributed by atoms with Crippen LogP contribution < -0.4 is 0 Å². The summed E-state index contributed by atoms with van der Waals surface area (Å²) in [5, 5.41) is 8.74. The molecule has 0 heterocycles. The van der Waals surface area contributed by atoms with Crippen molar-refractivity contribution in [3.05, 3.63) is 0 Å². The molecule has 0 bridgehead atoms. The Morgan fingerprint density at radius 3 is 2.38 bits per heavy atom. The molecule has 0 aliphatic heterocycles. The van der Waals surface area contributed by atoms with Gasteiger partial charge in [-0.2, -0.15) is 0 Å². The number of hydrogen-bond donors (Lipinski definition) is 1. The Hall–Kier alpha value is -0.570. The quantitative estimate of drug-likeness (QED) is 0.755. The molecule has 2 aliphatic carbocycles. The summed E-state index contributed by atoms with van der Waals surface area (Å²) in [5.74, 6) is 0.178. The van der Waals surface area contributed by atoms with Gasteiger partial charge in [0, 0.05) is 19.1 Å². The molecule has 2 aliphatic rings. The molecule has 0 spiro atoms. The summed E-state index contributed by atoms with van der Waals surface area (Å²) in [4.78, 5) is 13.0. The third-order valence-corrected chi connectivity index (χ3v) is 3.89. The molecule has 2 rings (SSSR count). The van der Waals surface area contributed by atoms with E-state index in [0.717, 1.165) is 19.0 Å². The highest BCUT2D eigenvalue weighted by Crippen LogP contribution is 2.31. The predicted molar refractivity (Wildman–Crippen MR) is 63.4 cm³/mol. The smallest absolute Gasteiger partial charge is 0.304 e. The minimum Gasteiger partial charge on any atom is -0.481 e. The molecule has 0 aromatic heterocycles. The van der Waals surface area contributed by atoms with E-state index in [4.69, 9.17) is 5.11 Å². The van der Waals surface area contributed by atoms with E-state index >= 15 is 0 Å². The van der Waals surface area contributed by atoms with Crippen molar-refractivity contribution in [1.29, 1.82) is 0 Å². The van der Waals surface area contributed by atoms with Crippen LogP contribution in [-0.4, -0.2) is 35.1 Å². The summed E-state index contributed by atoms with van der Waals surface area (Å²) < 4.78 is 0. The van der Waals surface area contributed by atoms with Gasteiger partial charge in [0.2, 0.25) is 0 Å². The van der Waals surface area contributed by atoms with Crippen LogP contribution in [0.5, 0.6) is 0 Å². The molecule has 2 saturated carbocycles. The van der Waals surface area contributed by atoms with Crippen molar-refractivity contribution in [3.8, 4) is 0 Å². The number of aliphatic carboxylic acids is 1. The summed E-state index contributed by atoms with van der Waals surface area (Å²) >= 11 is 0. The van der Waals surface area contributed by atoms with Crippen LogP contribution in [0.15, 0.2) is 0 Å². The molecule has 0 amide bonds. The maximum atomic E-state index is 10.6. The second-order valence-corrected chi connectivity index (χ2v) is 5.37. The molecule has 0 aromatic carbocycles. The number of carboxylic acid groups (broad SMARTS) is 1. The van der Waals surface area contributed by atoms with Crippen molar-refractivity contribution in [1.82, 2.24) is 4.90 Å². The van der Waals surface area contributed by atoms with Crippen LogP contribution in [0.4, 0.5) is 0 Å². The van der Waals surface area contributed by atoms with Crippen molar-refractivity contribution in [3.63, 3.8) is 0 Å². The molecule has 3 nitrogen and oxygen atoms in total. The van der Waals surface area contributed by atoms with Gasteiger partial charge in [0.1, 0.15) is 0 Å². The molecule has 0 aromatic rings. The Bertz CT molecular complexity index is 232. The molecule has 92 valence electrons. The predicted octanol–water partition coefficient (Wildman–Crippen LogP) is 2.51. The van der Waals surface area contributed by atoms with Gasteiger partial charge < -0.3 is 5.11 Å². The number of rotatable bonds is 6. The highest BCUT2D eigenvalue weighted by molar-refractivity contribution is 5.66. The molecule has 0 radical (unpaired) electrons. The minimum atomic E-state index is -0.658. The lowest BCUT2D eigenvalue weighted by atomic mass is 9.89. The molecule has 2 fully saturated rings. The first-order valence-electron chi connectivity index (χ1n) is 6.71. The topological polar surface area (TPSA) is 40.5 Å². The molecule has 0 unspecified atom stereocenters. The average Bonchev–Trinajstić information content (AvgIpc) is 3.09. The van der Waals surface area contributed by atoms with E-state index in [1.807, 2.05) is 0 Å². The summed E-state index contributed by atoms with van der Waals surface area (Å²) in [6.07, 6.45) is 9.74. The first-order valence-corrected chi connectivity index (χ1v) is 6.71. The van der Waals surface area contributed by atoms with Crippen molar-refractivity contribution >= 4 is 5.97 Å². The highest BCUT2D eigenvalue weighted by atomic mass is 16.4. The van der Waals surface area contributed by atoms with Gasteiger partial charge in [-0.15, -0.1) is 0 Å². The van der Waals surface area contributed by atoms with E-state index in [1.54, 1.807) is 0 Å². The van der Waals surface area contributed by atoms with E-state index in [0.29, 0.717) is 12.5 Å². The zero-order valence-electron chi connectivity index (χ0n) is 10.0. The Balaban J connectivity index is 1.75. The van der Waals surface area contributed by atoms with Gasteiger partial charge in [-0.05, 0) is 31.6 Å². The monoisotopic (exact) mass is 225 g/mol. The van der Waals surface area contributed by atoms with Crippen LogP contribution >= 0.6 is 0 Å². The zero-order chi connectivity index (χ0) is 11.4. The van der Waals surface area contributed by atoms with Gasteiger partial charge in [0.15, 0.2) is 0 Å². The lowest BCUT2D eigenvalue weighted by Crippen LogP contribution is -2.34. The minimum absolute atomic E-state index is 0.309. The van der Waals surface area contributed by atoms with E-state index < -0.39 is 5.97 Å². The normalized spacial score (nSPS) is 22.6. The summed E-state index contributed by atoms with van der Waals surface area (Å²) in [5.41, 5.74) is 0. The van der Waals surface area contributed by atoms with Crippen LogP contribution in [-0.2, 0) is 4.79 Å². The van der Waals surface area contributed by atoms with Gasteiger partial charge in [0.05, 0.1) is 6.42 Å². The first kappa shape index (κ1) is 11.9. The van der Waals surface area contributed by atoms with Crippen molar-refractivity contribution in [2.75, 3.05) is 13.1 Å². The van der Waals surface area contributed by atoms with Gasteiger partial charge in [-0.1, -0.05) is 19.3 Å². The zero-order valence-corrected chi connectivity index (χ0v) is 10.0. The molecule has 3 heteroatoms. The Morgan fingerprint density at radius 2 is 1.81 bits per heavy atom. The van der Waals surface area contributed by atoms with Crippen LogP contribution in [0.25, 0.3) is 0 Å². The van der Waals surface area contributed by atoms with E-state index in [9.17, 15) is 4.79 Å². The van der Waals surface area contributed by atoms with Crippen LogP contribution in [0.1, 0.15) is 51.4 Å². The molecule has 1 N–H and O–H groups in total. The van der Waals surface area contributed by atoms with Crippen LogP contribution in [0.2, 0.25) is 0 Å². The van der Waals surface area contributed by atoms with E-state index in [-0.39, 0.29) is 0 Å². The van der Waals surface area contributed by atoms with Crippen LogP contribution in [0.3, 0.4) is 0 Å². The average molecular weight is 225 g/mol. The summed E-state index contributed by atoms with van der Waals surface area (Å²) in [6, 6.07) is 0.710. The lowest BCUT2D eigenvalue weighted by Gasteiger charge is -2.29. The van der Waals surface area contributed by atoms with Crippen molar-refractivity contribution in [2.45, 2.75) is 57.4 Å². The number of carboxylic acids is 1. The Labute approximate surface area is 97.8 Å². The maximum absolute atomic E-state index is 10.6. The standard InChI is InChI=1S/C13H23NO2/c15-13(16)8-9-14(12-6-7-12)10-11-4-2-1-3-5-11/h11-12H,1-10H2,(H,15,16). The highest BCUT2D eigenvalue weighted by Gasteiger charge is 2.30. The van der Waals surface area contributed by atoms with Gasteiger partial charge in [-0.3, -0.25) is 9.69 Å². The lowest BCUT2D eigenvalue weighted by molar-refractivity contribution is -0.137. The van der Waals surface area contributed by atoms with Gasteiger partial charge in [0.25, 0.3) is 0 Å². The van der Waals surface area contributed by atoms with Crippen molar-refractivity contribution < 1.29 is 9.90 Å². The van der Waals surface area contributed by atoms with Gasteiger partial charge >= 0.3 is 5.97 Å². The summed E-state index contributed by atoms with van der Waals surface area (Å²) in [6.45, 7) is 1.91. The largest absolute Gasteiger partial charge is 0.481 e. The molecule has 0 saturated heterocycles. The second-order valence-electron chi connectivity index (χ2n) is 5.37. The number of carbonyl (C=O) groups is 1. The Morgan fingerprint density at radius 1 is 1.12 bits per heavy atom. The fraction of sp³-hybridized carbons (Fsp3) is 0.923. The molecular weight excluding hydrogens is 202 g/mol. The SMILES string of the molecule is O=C(O)CCN(CC1CCCCC1)C1CC1. The fourth-order valence-corrected chi connectivity index (χ4v) is 2.80. The molecule has 16 heavy (non-hydrogen) atoms. The third kappa shape index (κ3) is 3.78. The van der Waals surface area contributed by atoms with Gasteiger partial charge in [-0.25, -0.2) is 0 Å². The molecule has 0 atom stereocenters. The maximum Gasteiger partial charge on any atom is 0.304 e. The van der Waals surface area contributed by atoms with E-state index in [1.165, 1.54) is 44.9 Å². The van der Waals surface area contributed by atoms with E-state index in [2.05, 4.69) is 4.90 Å². The fourth-order valence-electron chi connectivity index (χ4n) is 2.80. The summed E-state index contributed by atoms with van der Waals surface area (Å²) in [7, 11) is 0. The first-order chi connectivity index (χ1) is 7.75. The number of nitrogens with zero attached hydrogens (tertiary/aromatic N) is 1. The molecular formula is C13H23NO2. The third-order valence-electron chi connectivity index (χ3n) is 3.89. The second kappa shape index (κ2) is 5.67. The Kier molecular flexibility index (Phi) is 4.22.